The van der Waals surface area contributed by atoms with Crippen molar-refractivity contribution in [3.05, 3.63) is 97.1 Å². The van der Waals surface area contributed by atoms with Gasteiger partial charge in [-0.05, 0) is 138 Å². The van der Waals surface area contributed by atoms with Gasteiger partial charge >= 0.3 is 0 Å². The maximum atomic E-state index is 12.8. The second-order valence-electron chi connectivity index (χ2n) is 38.3. The Hall–Kier alpha value is -2.94. The van der Waals surface area contributed by atoms with Crippen LogP contribution in [0.15, 0.2) is 86.0 Å². The number of fused-ring (bicyclic) bond motifs is 4. The predicted octanol–water partition coefficient (Wildman–Crippen LogP) is 24.1. The predicted molar refractivity (Wildman–Crippen MR) is 538 cm³/mol. The van der Waals surface area contributed by atoms with Crippen LogP contribution in [0.5, 0.6) is 0 Å². The fourth-order valence-electron chi connectivity index (χ4n) is 21.9. The Bertz CT molecular complexity index is 4130. The molecule has 6 aromatic rings. The molecule has 8 aliphatic heterocycles. The van der Waals surface area contributed by atoms with Crippen LogP contribution in [-0.2, 0) is 27.8 Å². The standard InChI is InChI=1S/C33H49N6O4PSi.C18H19N5O3.C15H31ClNOPSi.C15H33NOSi.C6H15N.C5H11NO.Cl3P/c1-8-26-27(42-44-39-16-12-15-25(39)28(43-44)18-45(21(2)3,22(4)5)23(6)7)17-29(41-26)38-20-36-30-31(34-19-35-32(30)38)37-33(40)24-13-10-9-11-14-24;1-2-13-12(24)8-14(26-13)23-10-21-15-16(19-9-20-17(15)23)22-18(25)11-6-4-3-5-7-11;1-11(2)20(12(3)4,13(5)6)10-15-14-8-7-9-17(14)19(16)18-15;1-11(2)18(12(3)4,13(5)6)10-15(17)14-8-7-9-16-14;1-4-7(5-2)6-3;1-6-2-4-7-5-3-6;1-4(2)3/h9-11,13-14,19-23,25-29H,8,12,15-18H2,1-7H3,(H,34,35,37,40);3-7,9-10,12-14,24H,2,8H2,1H3,(H,19,20,22,25);11-15H,7-10H2,1-6H3;11-17H,7-10H2,1-6H3;4-6H2,1-3H3;2-5H2,1H3;/t25-,26+,27+,28+,29+,44?;12-,13-,14-;14-,15+,19?;14-,15+;;;/m0100.../s1. The van der Waals surface area contributed by atoms with Crippen molar-refractivity contribution in [3.8, 4) is 0 Å². The smallest absolute Gasteiger partial charge is 0.259 e. The number of carbonyl (C=O) groups is 2. The van der Waals surface area contributed by atoms with Crippen molar-refractivity contribution in [1.29, 1.82) is 0 Å². The topological polar surface area (TPSA) is 266 Å². The molecule has 127 heavy (non-hydrogen) atoms. The van der Waals surface area contributed by atoms with E-state index in [1.54, 1.807) is 53.6 Å². The third-order valence-electron chi connectivity index (χ3n) is 29.0. The number of halogens is 4. The number of anilines is 2. The first kappa shape index (κ1) is 109. The number of aromatic nitrogens is 8. The number of hydrogen-bond donors (Lipinski definition) is 5. The average Bonchev–Trinajstić information content (AvgIpc) is 1.57. The van der Waals surface area contributed by atoms with Crippen LogP contribution in [0.25, 0.3) is 22.3 Å². The summed E-state index contributed by atoms with van der Waals surface area (Å²) in [6.07, 6.45) is 15.3. The normalized spacial score (nSPS) is 24.9. The lowest BCUT2D eigenvalue weighted by Crippen LogP contribution is -2.50. The first-order valence-electron chi connectivity index (χ1n) is 47.4. The van der Waals surface area contributed by atoms with Gasteiger partial charge in [-0.3, -0.25) is 18.7 Å². The van der Waals surface area contributed by atoms with Crippen LogP contribution in [0.2, 0.25) is 68.0 Å². The number of likely N-dealkylation sites (N-methyl/N-ethyl adjacent to an activating group) is 1. The largest absolute Gasteiger partial charge is 0.392 e. The zero-order valence-corrected chi connectivity index (χ0v) is 89.6. The summed E-state index contributed by atoms with van der Waals surface area (Å²) in [6.45, 7) is 65.1. The molecule has 0 saturated carbocycles. The lowest BCUT2D eigenvalue weighted by Gasteiger charge is -2.45. The molecule has 14 atom stereocenters. The molecule has 0 aliphatic carbocycles. The molecule has 4 aromatic heterocycles. The number of hydrogen-bond acceptors (Lipinski definition) is 21. The van der Waals surface area contributed by atoms with Gasteiger partial charge in [0.25, 0.3) is 20.3 Å². The molecule has 0 radical (unpaired) electrons. The molecule has 8 aliphatic rings. The number of morpholine rings is 1. The van der Waals surface area contributed by atoms with Gasteiger partial charge in [-0.25, -0.2) is 39.2 Å². The van der Waals surface area contributed by atoms with Gasteiger partial charge in [-0.2, -0.15) is 0 Å². The average molecular weight is 1950 g/mol. The first-order chi connectivity index (χ1) is 60.4. The van der Waals surface area contributed by atoms with Crippen molar-refractivity contribution in [2.75, 3.05) is 83.3 Å². The molecule has 716 valence electrons. The summed E-state index contributed by atoms with van der Waals surface area (Å²) in [6, 6.07) is 23.0. The Kier molecular flexibility index (Phi) is 45.1. The number of rotatable bonds is 29. The van der Waals surface area contributed by atoms with Crippen molar-refractivity contribution in [3.63, 3.8) is 0 Å². The van der Waals surface area contributed by atoms with Crippen molar-refractivity contribution in [1.82, 2.24) is 63.5 Å². The fourth-order valence-corrected chi connectivity index (χ4v) is 45.7. The molecule has 0 bridgehead atoms. The quantitative estimate of drug-likeness (QED) is 0.0216. The molecular weight excluding hydrogens is 1790 g/mol. The number of nitrogens with zero attached hydrogens (tertiary/aromatic N) is 12. The van der Waals surface area contributed by atoms with E-state index >= 15 is 0 Å². The summed E-state index contributed by atoms with van der Waals surface area (Å²) in [7, 11) is -4.32. The lowest BCUT2D eigenvalue weighted by molar-refractivity contribution is -0.0183. The summed E-state index contributed by atoms with van der Waals surface area (Å²) in [5, 5.41) is 29.8. The molecule has 2 unspecified atom stereocenters. The molecule has 2 amide bonds. The van der Waals surface area contributed by atoms with Gasteiger partial charge in [-0.1, -0.05) is 279 Å². The van der Waals surface area contributed by atoms with E-state index in [1.807, 2.05) is 35.8 Å². The summed E-state index contributed by atoms with van der Waals surface area (Å²) in [5.74, 6) is -0.991. The third kappa shape index (κ3) is 28.2. The Morgan fingerprint density at radius 1 is 0.559 bits per heavy atom. The number of aliphatic hydroxyl groups excluding tert-OH is 2. The highest BCUT2D eigenvalue weighted by atomic mass is 36.0. The van der Waals surface area contributed by atoms with Gasteiger partial charge in [0.2, 0.25) is 7.65 Å². The van der Waals surface area contributed by atoms with Crippen LogP contribution in [0.1, 0.15) is 257 Å². The highest BCUT2D eigenvalue weighted by Crippen LogP contribution is 2.63. The minimum absolute atomic E-state index is 0.0619. The molecule has 0 spiro atoms. The third-order valence-corrected chi connectivity index (χ3v) is 55.7. The number of nitrogens with one attached hydrogen (secondary N) is 3. The zero-order valence-electron chi connectivity index (χ0n) is 80.9. The Morgan fingerprint density at radius 3 is 1.36 bits per heavy atom. The van der Waals surface area contributed by atoms with Crippen LogP contribution in [0.3, 0.4) is 0 Å². The van der Waals surface area contributed by atoms with Gasteiger partial charge in [0, 0.05) is 68.3 Å². The van der Waals surface area contributed by atoms with E-state index in [0.29, 0.717) is 98.8 Å². The van der Waals surface area contributed by atoms with E-state index in [-0.39, 0.29) is 54.8 Å². The van der Waals surface area contributed by atoms with E-state index in [1.165, 1.54) is 76.5 Å². The van der Waals surface area contributed by atoms with Crippen LogP contribution in [0, 0.1) is 0 Å². The van der Waals surface area contributed by atoms with E-state index in [0.717, 1.165) is 104 Å². The Morgan fingerprint density at radius 2 is 0.976 bits per heavy atom. The molecule has 14 rings (SSSR count). The number of ether oxygens (including phenoxy) is 3. The van der Waals surface area contributed by atoms with E-state index < -0.39 is 52.5 Å². The minimum atomic E-state index is -1.62. The number of carbonyl (C=O) groups excluding carboxylic acids is 2. The second-order valence-corrected chi connectivity index (χ2v) is 65.1. The Labute approximate surface area is 787 Å². The summed E-state index contributed by atoms with van der Waals surface area (Å²) in [5.41, 5.74) is 10.0. The van der Waals surface area contributed by atoms with Crippen molar-refractivity contribution < 1.29 is 47.6 Å². The summed E-state index contributed by atoms with van der Waals surface area (Å²) < 4.78 is 46.4. The van der Waals surface area contributed by atoms with Gasteiger partial charge in [0.1, 0.15) is 25.1 Å². The number of imidazole rings is 2. The number of benzene rings is 2. The summed E-state index contributed by atoms with van der Waals surface area (Å²) >= 11 is 21.1. The van der Waals surface area contributed by atoms with Gasteiger partial charge in [0.05, 0.1) is 92.8 Å². The number of amides is 2. The molecule has 25 nitrogen and oxygen atoms in total. The van der Waals surface area contributed by atoms with Crippen molar-refractivity contribution >= 4 is 137 Å². The second kappa shape index (κ2) is 52.4. The monoisotopic (exact) mass is 1950 g/mol. The molecule has 5 N–H and O–H groups in total. The molecule has 12 heterocycles. The molecule has 8 fully saturated rings. The van der Waals surface area contributed by atoms with Gasteiger partial charge in [0.15, 0.2) is 39.9 Å². The Balaban J connectivity index is 0.000000207. The maximum Gasteiger partial charge on any atom is 0.259 e. The molecule has 35 heteroatoms. The van der Waals surface area contributed by atoms with Gasteiger partial charge < -0.3 is 63.7 Å². The van der Waals surface area contributed by atoms with Crippen molar-refractivity contribution in [2.24, 2.45) is 0 Å². The van der Waals surface area contributed by atoms with E-state index in [2.05, 4.69) is 224 Å². The van der Waals surface area contributed by atoms with Crippen LogP contribution >= 0.6 is 67.1 Å². The van der Waals surface area contributed by atoms with Gasteiger partial charge in [-0.15, -0.1) is 0 Å². The number of aliphatic hydroxyl groups is 2. The first-order valence-corrected chi connectivity index (χ1v) is 62.1. The lowest BCUT2D eigenvalue weighted by atomic mass is 10.1. The van der Waals surface area contributed by atoms with Crippen molar-refractivity contribution in [2.45, 2.75) is 365 Å². The zero-order chi connectivity index (χ0) is 93.4. The van der Waals surface area contributed by atoms with Crippen LogP contribution < -0.4 is 16.0 Å². The molecule has 2 aromatic carbocycles. The van der Waals surface area contributed by atoms with E-state index in [4.69, 9.17) is 72.7 Å². The SMILES string of the molecule is CC(C)[Si](C[C@@H](O)[C@@H]1CCCN1)(C(C)C)C(C)C.CC(C)[Si](C[C@H]1OP(Cl)N2CCC[C@@H]12)(C(C)C)C(C)C.CCN(CC)CC.CC[C@H]1O[C@@H](n2cnc3c(NC(=O)c4ccccc4)ncnc32)C[C@H]1O.CC[C@H]1O[C@@H](n2cnc3c(NC(=O)c4ccccc4)ncnc32)C[C@H]1OP1O[C@H](C[Si](C(C)C)(C(C)C)C(C)C)[C@@H]2CCCN21.CN1CCOCC1.ClP(Cl)Cl. The molecule has 8 saturated heterocycles. The van der Waals surface area contributed by atoms with E-state index in [9.17, 15) is 19.8 Å². The minimum Gasteiger partial charge on any atom is -0.392 e. The highest BCUT2D eigenvalue weighted by Gasteiger charge is 2.56. The summed E-state index contributed by atoms with van der Waals surface area (Å²) in [4.78, 5) is 56.1. The van der Waals surface area contributed by atoms with Crippen LogP contribution in [-0.4, -0.2) is 238 Å². The highest BCUT2D eigenvalue weighted by molar-refractivity contribution is 8.20. The maximum absolute atomic E-state index is 12.8. The molecular formula is C92H158Cl4N15O10P3Si3. The van der Waals surface area contributed by atoms with Crippen LogP contribution in [0.4, 0.5) is 11.6 Å². The fraction of sp³-hybridized carbons (Fsp3) is 0.739.